The molecule has 138 valence electrons. The third kappa shape index (κ3) is 4.44. The molecule has 1 saturated heterocycles. The van der Waals surface area contributed by atoms with Gasteiger partial charge in [-0.15, -0.1) is 0 Å². The van der Waals surface area contributed by atoms with Crippen molar-refractivity contribution >= 4 is 11.7 Å². The summed E-state index contributed by atoms with van der Waals surface area (Å²) in [4.78, 5) is 20.2. The van der Waals surface area contributed by atoms with E-state index in [9.17, 15) is 18.0 Å². The van der Waals surface area contributed by atoms with E-state index in [1.54, 1.807) is 11.1 Å². The zero-order valence-corrected chi connectivity index (χ0v) is 13.9. The summed E-state index contributed by atoms with van der Waals surface area (Å²) in [5, 5.41) is 0. The van der Waals surface area contributed by atoms with Crippen LogP contribution < -0.4 is 9.64 Å². The fourth-order valence-corrected chi connectivity index (χ4v) is 2.72. The van der Waals surface area contributed by atoms with Crippen molar-refractivity contribution < 1.29 is 22.7 Å². The number of amides is 1. The van der Waals surface area contributed by atoms with Crippen LogP contribution in [-0.4, -0.2) is 48.6 Å². The Balaban J connectivity index is 1.51. The Morgan fingerprint density at radius 3 is 2.50 bits per heavy atom. The number of pyridine rings is 1. The molecule has 0 N–H and O–H groups in total. The Bertz CT molecular complexity index is 745. The highest BCUT2D eigenvalue weighted by Crippen LogP contribution is 2.31. The third-order valence-corrected chi connectivity index (χ3v) is 4.13. The number of carbonyl (C=O) groups is 1. The maximum Gasteiger partial charge on any atom is 0.416 e. The highest BCUT2D eigenvalue weighted by atomic mass is 19.4. The molecule has 2 aromatic rings. The normalized spacial score (nSPS) is 15.0. The number of hydrogen-bond donors (Lipinski definition) is 0. The topological polar surface area (TPSA) is 45.7 Å². The van der Waals surface area contributed by atoms with Gasteiger partial charge in [-0.2, -0.15) is 13.2 Å². The lowest BCUT2D eigenvalue weighted by Crippen LogP contribution is -2.50. The minimum atomic E-state index is -4.44. The molecule has 1 aromatic heterocycles. The minimum absolute atomic E-state index is 0.0281. The predicted molar refractivity (Wildman–Crippen MR) is 90.0 cm³/mol. The fourth-order valence-electron chi connectivity index (χ4n) is 2.72. The number of piperazine rings is 1. The Labute approximate surface area is 149 Å². The van der Waals surface area contributed by atoms with E-state index in [4.69, 9.17) is 4.74 Å². The lowest BCUT2D eigenvalue weighted by atomic mass is 10.2. The van der Waals surface area contributed by atoms with Gasteiger partial charge in [-0.1, -0.05) is 12.1 Å². The first-order chi connectivity index (χ1) is 12.4. The Morgan fingerprint density at radius 1 is 1.08 bits per heavy atom. The van der Waals surface area contributed by atoms with E-state index in [1.165, 1.54) is 12.1 Å². The van der Waals surface area contributed by atoms with Crippen molar-refractivity contribution in [2.24, 2.45) is 0 Å². The number of halogens is 3. The molecule has 5 nitrogen and oxygen atoms in total. The SMILES string of the molecule is O=C(COc1cccc(C(F)(F)F)c1)N1CCN(c2ccccn2)CC1. The van der Waals surface area contributed by atoms with Gasteiger partial charge in [0.2, 0.25) is 0 Å². The van der Waals surface area contributed by atoms with Crippen molar-refractivity contribution in [3.63, 3.8) is 0 Å². The molecule has 0 unspecified atom stereocenters. The summed E-state index contributed by atoms with van der Waals surface area (Å²) in [5.41, 5.74) is -0.800. The minimum Gasteiger partial charge on any atom is -0.484 e. The molecule has 26 heavy (non-hydrogen) atoms. The standard InChI is InChI=1S/C18H18F3N3O2/c19-18(20,21)14-4-3-5-15(12-14)26-13-17(25)24-10-8-23(9-11-24)16-6-1-2-7-22-16/h1-7,12H,8-11,13H2. The van der Waals surface area contributed by atoms with Gasteiger partial charge in [0.15, 0.2) is 6.61 Å². The molecule has 2 heterocycles. The van der Waals surface area contributed by atoms with E-state index >= 15 is 0 Å². The van der Waals surface area contributed by atoms with Crippen LogP contribution >= 0.6 is 0 Å². The summed E-state index contributed by atoms with van der Waals surface area (Å²) in [7, 11) is 0. The highest BCUT2D eigenvalue weighted by molar-refractivity contribution is 5.78. The molecular formula is C18H18F3N3O2. The van der Waals surface area contributed by atoms with Gasteiger partial charge >= 0.3 is 6.18 Å². The summed E-state index contributed by atoms with van der Waals surface area (Å²) in [6.07, 6.45) is -2.72. The van der Waals surface area contributed by atoms with Crippen molar-refractivity contribution in [2.75, 3.05) is 37.7 Å². The highest BCUT2D eigenvalue weighted by Gasteiger charge is 2.30. The first kappa shape index (κ1) is 18.0. The first-order valence-electron chi connectivity index (χ1n) is 8.17. The van der Waals surface area contributed by atoms with Gasteiger partial charge in [-0.3, -0.25) is 4.79 Å². The monoisotopic (exact) mass is 365 g/mol. The smallest absolute Gasteiger partial charge is 0.416 e. The fraction of sp³-hybridized carbons (Fsp3) is 0.333. The van der Waals surface area contributed by atoms with Crippen LogP contribution in [0.1, 0.15) is 5.56 Å². The van der Waals surface area contributed by atoms with Crippen LogP contribution in [0.25, 0.3) is 0 Å². The second kappa shape index (κ2) is 7.63. The van der Waals surface area contributed by atoms with Crippen LogP contribution in [0.5, 0.6) is 5.75 Å². The van der Waals surface area contributed by atoms with Gasteiger partial charge in [0, 0.05) is 32.4 Å². The number of ether oxygens (including phenoxy) is 1. The summed E-state index contributed by atoms with van der Waals surface area (Å²) < 4.78 is 43.3. The largest absolute Gasteiger partial charge is 0.484 e. The molecule has 1 aliphatic heterocycles. The second-order valence-electron chi connectivity index (χ2n) is 5.87. The summed E-state index contributed by atoms with van der Waals surface area (Å²) in [6, 6.07) is 10.2. The van der Waals surface area contributed by atoms with Crippen LogP contribution in [-0.2, 0) is 11.0 Å². The Morgan fingerprint density at radius 2 is 1.85 bits per heavy atom. The zero-order valence-electron chi connectivity index (χ0n) is 13.9. The van der Waals surface area contributed by atoms with Crippen LogP contribution in [0.3, 0.4) is 0 Å². The molecule has 8 heteroatoms. The molecule has 0 atom stereocenters. The van der Waals surface area contributed by atoms with Gasteiger partial charge in [0.1, 0.15) is 11.6 Å². The Kier molecular flexibility index (Phi) is 5.29. The molecule has 0 spiro atoms. The van der Waals surface area contributed by atoms with Gasteiger partial charge in [0.05, 0.1) is 5.56 Å². The van der Waals surface area contributed by atoms with Crippen LogP contribution in [0.2, 0.25) is 0 Å². The first-order valence-corrected chi connectivity index (χ1v) is 8.17. The van der Waals surface area contributed by atoms with Crippen molar-refractivity contribution in [3.05, 3.63) is 54.2 Å². The second-order valence-corrected chi connectivity index (χ2v) is 5.87. The number of alkyl halides is 3. The number of benzene rings is 1. The van der Waals surface area contributed by atoms with Crippen molar-refractivity contribution in [1.29, 1.82) is 0 Å². The predicted octanol–water partition coefficient (Wildman–Crippen LogP) is 2.83. The maximum absolute atomic E-state index is 12.7. The van der Waals surface area contributed by atoms with Gasteiger partial charge in [0.25, 0.3) is 5.91 Å². The molecule has 0 radical (unpaired) electrons. The van der Waals surface area contributed by atoms with E-state index in [-0.39, 0.29) is 18.3 Å². The van der Waals surface area contributed by atoms with E-state index in [2.05, 4.69) is 9.88 Å². The molecule has 0 saturated carbocycles. The molecule has 3 rings (SSSR count). The number of aromatic nitrogens is 1. The summed E-state index contributed by atoms with van der Waals surface area (Å²) in [6.45, 7) is 2.03. The van der Waals surface area contributed by atoms with Crippen molar-refractivity contribution in [1.82, 2.24) is 9.88 Å². The molecule has 0 aliphatic carbocycles. The maximum atomic E-state index is 12.7. The zero-order chi connectivity index (χ0) is 18.6. The molecule has 1 fully saturated rings. The average molecular weight is 365 g/mol. The molecule has 1 amide bonds. The van der Waals surface area contributed by atoms with E-state index in [0.29, 0.717) is 26.2 Å². The van der Waals surface area contributed by atoms with Crippen molar-refractivity contribution in [3.8, 4) is 5.75 Å². The quantitative estimate of drug-likeness (QED) is 0.836. The van der Waals surface area contributed by atoms with Gasteiger partial charge in [-0.05, 0) is 30.3 Å². The van der Waals surface area contributed by atoms with Crippen LogP contribution in [0, 0.1) is 0 Å². The number of carbonyl (C=O) groups excluding carboxylic acids is 1. The van der Waals surface area contributed by atoms with Crippen LogP contribution in [0.4, 0.5) is 19.0 Å². The molecular weight excluding hydrogens is 347 g/mol. The van der Waals surface area contributed by atoms with Crippen LogP contribution in [0.15, 0.2) is 48.7 Å². The number of anilines is 1. The summed E-state index contributed by atoms with van der Waals surface area (Å²) >= 11 is 0. The van der Waals surface area contributed by atoms with E-state index in [0.717, 1.165) is 18.0 Å². The van der Waals surface area contributed by atoms with Gasteiger partial charge in [-0.25, -0.2) is 4.98 Å². The molecule has 1 aliphatic rings. The number of rotatable bonds is 4. The molecule has 0 bridgehead atoms. The number of hydrogen-bond acceptors (Lipinski definition) is 4. The summed E-state index contributed by atoms with van der Waals surface area (Å²) in [5.74, 6) is 0.642. The van der Waals surface area contributed by atoms with Gasteiger partial charge < -0.3 is 14.5 Å². The average Bonchev–Trinajstić information content (AvgIpc) is 2.66. The number of nitrogens with zero attached hydrogens (tertiary/aromatic N) is 3. The van der Waals surface area contributed by atoms with E-state index < -0.39 is 11.7 Å². The van der Waals surface area contributed by atoms with E-state index in [1.807, 2.05) is 18.2 Å². The lowest BCUT2D eigenvalue weighted by Gasteiger charge is -2.35. The Hall–Kier alpha value is -2.77. The van der Waals surface area contributed by atoms with Crippen molar-refractivity contribution in [2.45, 2.75) is 6.18 Å². The molecule has 1 aromatic carbocycles. The third-order valence-electron chi connectivity index (χ3n) is 4.13. The lowest BCUT2D eigenvalue weighted by molar-refractivity contribution is -0.137.